The first kappa shape index (κ1) is 20.6. The van der Waals surface area contributed by atoms with E-state index in [1.54, 1.807) is 50.5 Å². The summed E-state index contributed by atoms with van der Waals surface area (Å²) in [5, 5.41) is 11.6. The summed E-state index contributed by atoms with van der Waals surface area (Å²) in [6, 6.07) is 6.44. The normalized spacial score (nSPS) is 16.3. The van der Waals surface area contributed by atoms with Gasteiger partial charge in [0.1, 0.15) is 0 Å². The van der Waals surface area contributed by atoms with Crippen molar-refractivity contribution in [3.8, 4) is 0 Å². The molecule has 0 saturated carbocycles. The first-order valence-corrected chi connectivity index (χ1v) is 9.19. The maximum atomic E-state index is 12.1. The van der Waals surface area contributed by atoms with E-state index in [1.807, 2.05) is 18.2 Å². The van der Waals surface area contributed by atoms with Crippen molar-refractivity contribution in [2.75, 3.05) is 0 Å². The highest BCUT2D eigenvalue weighted by Crippen LogP contribution is 2.07. The van der Waals surface area contributed by atoms with Crippen LogP contribution < -0.4 is 16.2 Å². The van der Waals surface area contributed by atoms with Crippen molar-refractivity contribution in [2.24, 2.45) is 10.2 Å². The Morgan fingerprint density at radius 2 is 1.57 bits per heavy atom. The molecule has 0 aromatic carbocycles. The summed E-state index contributed by atoms with van der Waals surface area (Å²) >= 11 is 0. The van der Waals surface area contributed by atoms with Crippen LogP contribution in [0, 0.1) is 0 Å². The number of rotatable bonds is 6. The molecule has 3 heterocycles. The fourth-order valence-electron chi connectivity index (χ4n) is 2.52. The van der Waals surface area contributed by atoms with E-state index >= 15 is 0 Å². The monoisotopic (exact) mass is 403 g/mol. The highest BCUT2D eigenvalue weighted by molar-refractivity contribution is 6.02. The Balaban J connectivity index is 1.59. The molecule has 2 amide bonds. The van der Waals surface area contributed by atoms with Gasteiger partial charge < -0.3 is 5.32 Å². The van der Waals surface area contributed by atoms with Crippen LogP contribution in [-0.2, 0) is 0 Å². The van der Waals surface area contributed by atoms with Gasteiger partial charge in [-0.25, -0.2) is 10.9 Å². The zero-order chi connectivity index (χ0) is 21.3. The van der Waals surface area contributed by atoms with Crippen LogP contribution in [0.2, 0.25) is 0 Å². The maximum absolute atomic E-state index is 12.1. The molecular formula is C21H21N7O2. The quantitative estimate of drug-likeness (QED) is 0.502. The number of amides is 2. The predicted molar refractivity (Wildman–Crippen MR) is 114 cm³/mol. The molecule has 0 aliphatic carbocycles. The lowest BCUT2D eigenvalue weighted by atomic mass is 10.1. The molecule has 0 saturated heterocycles. The van der Waals surface area contributed by atoms with Crippen molar-refractivity contribution in [1.82, 2.24) is 26.1 Å². The van der Waals surface area contributed by atoms with Gasteiger partial charge in [-0.3, -0.25) is 19.6 Å². The Hall–Kier alpha value is -4.14. The zero-order valence-corrected chi connectivity index (χ0v) is 16.5. The summed E-state index contributed by atoms with van der Waals surface area (Å²) in [5.74, 6) is -0.685. The number of carbonyl (C=O) groups is 2. The molecule has 2 aromatic rings. The molecule has 3 N–H and O–H groups in total. The minimum Gasteiger partial charge on any atom is -0.372 e. The van der Waals surface area contributed by atoms with E-state index in [2.05, 4.69) is 36.3 Å². The zero-order valence-electron chi connectivity index (χ0n) is 16.5. The Morgan fingerprint density at radius 3 is 2.13 bits per heavy atom. The molecule has 9 heteroatoms. The smallest absolute Gasteiger partial charge is 0.272 e. The molecule has 0 fully saturated rings. The van der Waals surface area contributed by atoms with E-state index in [9.17, 15) is 9.59 Å². The SMILES string of the molecule is C/C(=N\NC(=O)c1cccnc1)C1=CC=CC(/C(C)=N/NC(=O)c2cccnc2)N1. The number of dihydropyridines is 1. The lowest BCUT2D eigenvalue weighted by Crippen LogP contribution is -2.38. The number of pyridine rings is 2. The van der Waals surface area contributed by atoms with Gasteiger partial charge in [0, 0.05) is 24.8 Å². The van der Waals surface area contributed by atoms with Crippen LogP contribution in [0.4, 0.5) is 0 Å². The summed E-state index contributed by atoms with van der Waals surface area (Å²) in [6.45, 7) is 3.57. The van der Waals surface area contributed by atoms with E-state index < -0.39 is 0 Å². The van der Waals surface area contributed by atoms with Crippen LogP contribution in [0.5, 0.6) is 0 Å². The van der Waals surface area contributed by atoms with Gasteiger partial charge >= 0.3 is 0 Å². The van der Waals surface area contributed by atoms with Gasteiger partial charge in [-0.1, -0.05) is 12.2 Å². The van der Waals surface area contributed by atoms with E-state index in [4.69, 9.17) is 0 Å². The second-order valence-corrected chi connectivity index (χ2v) is 6.40. The Kier molecular flexibility index (Phi) is 6.78. The van der Waals surface area contributed by atoms with Crippen molar-refractivity contribution in [3.05, 3.63) is 84.1 Å². The largest absolute Gasteiger partial charge is 0.372 e. The second-order valence-electron chi connectivity index (χ2n) is 6.40. The molecular weight excluding hydrogens is 382 g/mol. The molecule has 3 rings (SSSR count). The molecule has 0 bridgehead atoms. The summed E-state index contributed by atoms with van der Waals surface area (Å²) in [7, 11) is 0. The van der Waals surface area contributed by atoms with Crippen LogP contribution >= 0.6 is 0 Å². The molecule has 30 heavy (non-hydrogen) atoms. The van der Waals surface area contributed by atoms with Gasteiger partial charge in [-0.05, 0) is 44.2 Å². The maximum Gasteiger partial charge on any atom is 0.272 e. The van der Waals surface area contributed by atoms with Gasteiger partial charge in [0.15, 0.2) is 0 Å². The topological polar surface area (TPSA) is 121 Å². The Bertz CT molecular complexity index is 1030. The fourth-order valence-corrected chi connectivity index (χ4v) is 2.52. The lowest BCUT2D eigenvalue weighted by molar-refractivity contribution is 0.0946. The average Bonchev–Trinajstić information content (AvgIpc) is 2.81. The number of hydrazone groups is 2. The summed E-state index contributed by atoms with van der Waals surface area (Å²) in [4.78, 5) is 32.0. The summed E-state index contributed by atoms with van der Waals surface area (Å²) < 4.78 is 0. The van der Waals surface area contributed by atoms with Crippen LogP contribution in [0.1, 0.15) is 34.6 Å². The number of nitrogens with one attached hydrogen (secondary N) is 3. The molecule has 0 radical (unpaired) electrons. The number of hydrogen-bond acceptors (Lipinski definition) is 7. The number of aromatic nitrogens is 2. The van der Waals surface area contributed by atoms with E-state index in [1.165, 1.54) is 12.4 Å². The molecule has 1 aliphatic heterocycles. The Labute approximate surface area is 173 Å². The van der Waals surface area contributed by atoms with Crippen molar-refractivity contribution < 1.29 is 9.59 Å². The van der Waals surface area contributed by atoms with Gasteiger partial charge in [0.05, 0.1) is 34.3 Å². The first-order valence-electron chi connectivity index (χ1n) is 9.19. The fraction of sp³-hybridized carbons (Fsp3) is 0.143. The molecule has 1 aliphatic rings. The molecule has 2 aromatic heterocycles. The number of carbonyl (C=O) groups excluding carboxylic acids is 2. The van der Waals surface area contributed by atoms with Crippen molar-refractivity contribution >= 4 is 23.2 Å². The average molecular weight is 403 g/mol. The molecule has 9 nitrogen and oxygen atoms in total. The van der Waals surface area contributed by atoms with Crippen LogP contribution in [0.3, 0.4) is 0 Å². The summed E-state index contributed by atoms with van der Waals surface area (Å²) in [6.07, 6.45) is 11.7. The van der Waals surface area contributed by atoms with E-state index in [0.29, 0.717) is 22.6 Å². The third kappa shape index (κ3) is 5.44. The molecule has 152 valence electrons. The predicted octanol–water partition coefficient (Wildman–Crippen LogP) is 1.80. The van der Waals surface area contributed by atoms with Gasteiger partial charge in [-0.2, -0.15) is 10.2 Å². The van der Waals surface area contributed by atoms with E-state index in [-0.39, 0.29) is 17.9 Å². The minimum atomic E-state index is -0.346. The van der Waals surface area contributed by atoms with E-state index in [0.717, 1.165) is 5.70 Å². The number of nitrogens with zero attached hydrogens (tertiary/aromatic N) is 4. The molecule has 0 spiro atoms. The molecule has 1 unspecified atom stereocenters. The number of allylic oxidation sites excluding steroid dienone is 3. The highest BCUT2D eigenvalue weighted by atomic mass is 16.2. The Morgan fingerprint density at radius 1 is 0.967 bits per heavy atom. The molecule has 1 atom stereocenters. The lowest BCUT2D eigenvalue weighted by Gasteiger charge is -2.21. The first-order chi connectivity index (χ1) is 14.5. The van der Waals surface area contributed by atoms with Crippen molar-refractivity contribution in [2.45, 2.75) is 19.9 Å². The van der Waals surface area contributed by atoms with Crippen molar-refractivity contribution in [1.29, 1.82) is 0 Å². The summed E-state index contributed by atoms with van der Waals surface area (Å²) in [5.41, 5.74) is 7.85. The standard InChI is InChI=1S/C21H21N7O2/c1-14(25-27-20(29)16-6-4-10-22-12-16)18-8-3-9-19(24-18)15(2)26-28-21(30)17-7-5-11-23-13-17/h3-13,18,24H,1-2H3,(H,27,29)(H,28,30)/b25-14+,26-15+. The third-order valence-corrected chi connectivity index (χ3v) is 4.22. The van der Waals surface area contributed by atoms with Crippen molar-refractivity contribution in [3.63, 3.8) is 0 Å². The van der Waals surface area contributed by atoms with Crippen LogP contribution in [-0.4, -0.2) is 39.2 Å². The van der Waals surface area contributed by atoms with Gasteiger partial charge in [0.2, 0.25) is 0 Å². The second kappa shape index (κ2) is 9.87. The minimum absolute atomic E-state index is 0.238. The highest BCUT2D eigenvalue weighted by Gasteiger charge is 2.16. The number of hydrogen-bond donors (Lipinski definition) is 3. The van der Waals surface area contributed by atoms with Gasteiger partial charge in [-0.15, -0.1) is 0 Å². The van der Waals surface area contributed by atoms with Crippen LogP contribution in [0.15, 0.2) is 83.2 Å². The van der Waals surface area contributed by atoms with Crippen LogP contribution in [0.25, 0.3) is 0 Å². The van der Waals surface area contributed by atoms with Gasteiger partial charge in [0.25, 0.3) is 11.8 Å². The third-order valence-electron chi connectivity index (χ3n) is 4.22.